The number of carboxylic acid groups (broad SMARTS) is 1. The van der Waals surface area contributed by atoms with Crippen LogP contribution < -0.4 is 11.1 Å². The zero-order chi connectivity index (χ0) is 25.4. The maximum Gasteiger partial charge on any atom is 0.410 e. The summed E-state index contributed by atoms with van der Waals surface area (Å²) < 4.78 is 37.6. The van der Waals surface area contributed by atoms with Gasteiger partial charge < -0.3 is 30.6 Å². The molecule has 2 fully saturated rings. The Hall–Kier alpha value is -3.51. The van der Waals surface area contributed by atoms with Crippen LogP contribution in [-0.2, 0) is 34.3 Å². The lowest BCUT2D eigenvalue weighted by Crippen LogP contribution is -2.74. The van der Waals surface area contributed by atoms with Crippen LogP contribution in [0.3, 0.4) is 0 Å². The molecule has 1 aromatic rings. The van der Waals surface area contributed by atoms with Crippen LogP contribution in [0, 0.1) is 0 Å². The number of thiazole rings is 1. The molecule has 2 aliphatic rings. The Bertz CT molecular complexity index is 1160. The topological polar surface area (TPSA) is 231 Å². The number of cyclic esters (lactones) is 1. The Balaban J connectivity index is 1.87. The van der Waals surface area contributed by atoms with Crippen LogP contribution >= 0.6 is 11.3 Å². The zero-order valence-corrected chi connectivity index (χ0v) is 19.3. The van der Waals surface area contributed by atoms with Crippen LogP contribution in [0.5, 0.6) is 0 Å². The van der Waals surface area contributed by atoms with Crippen molar-refractivity contribution in [3.8, 4) is 0 Å². The molecule has 2 atom stereocenters. The number of hydrogen-bond donors (Lipinski definition) is 4. The molecule has 2 saturated heterocycles. The standard InChI is InChI=1S/C16H20N6O10S2/c1-16(2,13(25)26)32-20-9(7-6-33-14(17)18-7)11(23)19-10-8(5-21-3-4-31-15(21)27)22(12(10)24)34(28,29)30/h6,8,10H,3-5H2,1-2H3,(H2,17,18)(H,19,23)(H,25,26)(H,28,29,30)/t8-,10+/m1/s1. The Labute approximate surface area is 196 Å². The highest BCUT2D eigenvalue weighted by Gasteiger charge is 2.55. The quantitative estimate of drug-likeness (QED) is 0.123. The fraction of sp³-hybridized carbons (Fsp3) is 0.500. The summed E-state index contributed by atoms with van der Waals surface area (Å²) in [5.74, 6) is -3.63. The second kappa shape index (κ2) is 9.03. The number of hydrogen-bond acceptors (Lipinski definition) is 12. The third-order valence-corrected chi connectivity index (χ3v) is 6.44. The number of rotatable bonds is 9. The molecule has 3 rings (SSSR count). The third kappa shape index (κ3) is 5.02. The Morgan fingerprint density at radius 2 is 2.12 bits per heavy atom. The molecule has 0 aliphatic carbocycles. The number of β-lactam (4-membered cyclic amide) rings is 1. The van der Waals surface area contributed by atoms with E-state index in [1.807, 2.05) is 0 Å². The van der Waals surface area contributed by atoms with E-state index in [1.165, 1.54) is 19.2 Å². The molecule has 34 heavy (non-hydrogen) atoms. The summed E-state index contributed by atoms with van der Waals surface area (Å²) in [4.78, 5) is 58.4. The van der Waals surface area contributed by atoms with E-state index in [0.29, 0.717) is 0 Å². The predicted molar refractivity (Wildman–Crippen MR) is 113 cm³/mol. The van der Waals surface area contributed by atoms with E-state index in [4.69, 9.17) is 15.3 Å². The van der Waals surface area contributed by atoms with Crippen LogP contribution in [0.2, 0.25) is 0 Å². The van der Waals surface area contributed by atoms with Crippen LogP contribution in [0.4, 0.5) is 9.93 Å². The first-order chi connectivity index (χ1) is 15.7. The highest BCUT2D eigenvalue weighted by atomic mass is 32.2. The number of carbonyl (C=O) groups is 4. The fourth-order valence-electron chi connectivity index (χ4n) is 2.97. The van der Waals surface area contributed by atoms with E-state index >= 15 is 0 Å². The first-order valence-corrected chi connectivity index (χ1v) is 11.7. The lowest BCUT2D eigenvalue weighted by atomic mass is 9.97. The van der Waals surface area contributed by atoms with Crippen molar-refractivity contribution >= 4 is 56.4 Å². The summed E-state index contributed by atoms with van der Waals surface area (Å²) in [5, 5.41) is 16.4. The average Bonchev–Trinajstić information content (AvgIpc) is 3.32. The number of carboxylic acids is 1. The van der Waals surface area contributed by atoms with Gasteiger partial charge in [0.05, 0.1) is 12.6 Å². The van der Waals surface area contributed by atoms with Gasteiger partial charge in [-0.25, -0.2) is 18.9 Å². The van der Waals surface area contributed by atoms with Crippen LogP contribution in [0.1, 0.15) is 19.5 Å². The molecule has 5 N–H and O–H groups in total. The maximum absolute atomic E-state index is 13.0. The molecule has 0 spiro atoms. The van der Waals surface area contributed by atoms with Crippen LogP contribution in [-0.4, -0.2) is 99.2 Å². The molecule has 186 valence electrons. The monoisotopic (exact) mass is 520 g/mol. The van der Waals surface area contributed by atoms with Crippen LogP contribution in [0.15, 0.2) is 10.5 Å². The minimum absolute atomic E-state index is 0.0428. The van der Waals surface area contributed by atoms with Crippen LogP contribution in [0.25, 0.3) is 0 Å². The number of ether oxygens (including phenoxy) is 1. The Kier molecular flexibility index (Phi) is 6.67. The van der Waals surface area contributed by atoms with E-state index in [2.05, 4.69) is 15.5 Å². The molecule has 3 heterocycles. The van der Waals surface area contributed by atoms with Crippen molar-refractivity contribution < 1.29 is 46.8 Å². The van der Waals surface area contributed by atoms with Gasteiger partial charge in [0, 0.05) is 11.9 Å². The van der Waals surface area contributed by atoms with E-state index in [0.717, 1.165) is 16.2 Å². The number of aromatic nitrogens is 1. The van der Waals surface area contributed by atoms with Gasteiger partial charge >= 0.3 is 22.4 Å². The van der Waals surface area contributed by atoms with E-state index in [-0.39, 0.29) is 34.8 Å². The van der Waals surface area contributed by atoms with E-state index in [9.17, 15) is 37.3 Å². The smallest absolute Gasteiger partial charge is 0.410 e. The van der Waals surface area contributed by atoms with Crippen molar-refractivity contribution in [2.75, 3.05) is 25.4 Å². The summed E-state index contributed by atoms with van der Waals surface area (Å²) >= 11 is 0.943. The molecule has 0 aromatic carbocycles. The molecule has 2 aliphatic heterocycles. The second-order valence-corrected chi connectivity index (χ2v) is 9.79. The van der Waals surface area contributed by atoms with Gasteiger partial charge in [-0.1, -0.05) is 5.16 Å². The summed E-state index contributed by atoms with van der Waals surface area (Å²) in [7, 11) is -4.99. The first kappa shape index (κ1) is 25.1. The highest BCUT2D eigenvalue weighted by Crippen LogP contribution is 2.26. The van der Waals surface area contributed by atoms with Gasteiger partial charge in [0.15, 0.2) is 10.8 Å². The number of carbonyl (C=O) groups excluding carboxylic acids is 3. The number of nitrogens with zero attached hydrogens (tertiary/aromatic N) is 4. The summed E-state index contributed by atoms with van der Waals surface area (Å²) in [6.45, 7) is 2.13. The van der Waals surface area contributed by atoms with Gasteiger partial charge in [-0.05, 0) is 13.8 Å². The van der Waals surface area contributed by atoms with Gasteiger partial charge in [-0.3, -0.25) is 14.1 Å². The predicted octanol–water partition coefficient (Wildman–Crippen LogP) is -1.74. The van der Waals surface area contributed by atoms with Crippen molar-refractivity contribution in [2.24, 2.45) is 5.16 Å². The molecule has 0 bridgehead atoms. The fourth-order valence-corrected chi connectivity index (χ4v) is 4.39. The summed E-state index contributed by atoms with van der Waals surface area (Å²) in [5.41, 5.74) is 3.11. The molecule has 1 aromatic heterocycles. The third-order valence-electron chi connectivity index (χ3n) is 4.82. The maximum atomic E-state index is 13.0. The van der Waals surface area contributed by atoms with Gasteiger partial charge in [0.1, 0.15) is 18.3 Å². The molecule has 16 nitrogen and oxygen atoms in total. The molecule has 0 unspecified atom stereocenters. The lowest BCUT2D eigenvalue weighted by Gasteiger charge is -2.45. The van der Waals surface area contributed by atoms with Gasteiger partial charge in [-0.2, -0.15) is 8.42 Å². The number of nitrogens with two attached hydrogens (primary N) is 1. The first-order valence-electron chi connectivity index (χ1n) is 9.46. The van der Waals surface area contributed by atoms with Gasteiger partial charge in [-0.15, -0.1) is 11.3 Å². The molecular formula is C16H20N6O10S2. The highest BCUT2D eigenvalue weighted by molar-refractivity contribution is 7.84. The molecule has 18 heteroatoms. The molecular weight excluding hydrogens is 500 g/mol. The van der Waals surface area contributed by atoms with Gasteiger partial charge in [0.2, 0.25) is 5.60 Å². The SMILES string of the molecule is CC(C)(ON=C(C(=O)N[C@@H]1C(=O)N(S(=O)(=O)O)[C@@H]1CN1CCOC1=O)c1csc(N)n1)C(=O)O. The number of anilines is 1. The summed E-state index contributed by atoms with van der Waals surface area (Å²) in [6.07, 6.45) is -0.760. The van der Waals surface area contributed by atoms with Gasteiger partial charge in [0.25, 0.3) is 11.8 Å². The largest absolute Gasteiger partial charge is 0.478 e. The van der Waals surface area contributed by atoms with Crippen molar-refractivity contribution in [1.82, 2.24) is 19.5 Å². The molecule has 3 amide bonds. The summed E-state index contributed by atoms with van der Waals surface area (Å²) in [6, 6.07) is -2.84. The Morgan fingerprint density at radius 3 is 2.62 bits per heavy atom. The molecule has 0 radical (unpaired) electrons. The van der Waals surface area contributed by atoms with Crippen molar-refractivity contribution in [3.63, 3.8) is 0 Å². The number of amides is 3. The van der Waals surface area contributed by atoms with E-state index < -0.39 is 57.6 Å². The average molecular weight is 521 g/mol. The number of oxime groups is 1. The lowest BCUT2D eigenvalue weighted by molar-refractivity contribution is -0.161. The van der Waals surface area contributed by atoms with Crippen molar-refractivity contribution in [2.45, 2.75) is 31.5 Å². The van der Waals surface area contributed by atoms with E-state index in [1.54, 1.807) is 0 Å². The number of nitrogens with one attached hydrogen (secondary N) is 1. The number of aliphatic carboxylic acids is 1. The Morgan fingerprint density at radius 1 is 1.44 bits per heavy atom. The molecule has 0 saturated carbocycles. The van der Waals surface area contributed by atoms with Crippen molar-refractivity contribution in [1.29, 1.82) is 0 Å². The minimum Gasteiger partial charge on any atom is -0.478 e. The second-order valence-electron chi connectivity index (χ2n) is 7.61. The zero-order valence-electron chi connectivity index (χ0n) is 17.7. The minimum atomic E-state index is -4.99. The van der Waals surface area contributed by atoms with Crippen molar-refractivity contribution in [3.05, 3.63) is 11.1 Å². The number of nitrogen functional groups attached to an aromatic ring is 1. The normalized spacial score (nSPS) is 21.2.